The van der Waals surface area contributed by atoms with E-state index in [-0.39, 0.29) is 0 Å². The maximum atomic E-state index is 3.62. The van der Waals surface area contributed by atoms with Crippen LogP contribution in [-0.2, 0) is 0 Å². The lowest BCUT2D eigenvalue weighted by Gasteiger charge is -2.32. The highest BCUT2D eigenvalue weighted by atomic mass is 14.9. The Morgan fingerprint density at radius 2 is 1.92 bits per heavy atom. The minimum Gasteiger partial charge on any atom is -0.313 e. The smallest absolute Gasteiger partial charge is 0.00873 e. The van der Waals surface area contributed by atoms with Crippen LogP contribution in [0.5, 0.6) is 0 Å². The summed E-state index contributed by atoms with van der Waals surface area (Å²) in [5.41, 5.74) is 0.406. The van der Waals surface area contributed by atoms with Crippen molar-refractivity contribution in [3.63, 3.8) is 0 Å². The molecule has 1 nitrogen and oxygen atoms in total. The van der Waals surface area contributed by atoms with Gasteiger partial charge in [0.25, 0.3) is 0 Å². The third kappa shape index (κ3) is 2.78. The van der Waals surface area contributed by atoms with Crippen molar-refractivity contribution in [2.45, 2.75) is 53.0 Å². The Bertz CT molecular complexity index is 130. The van der Waals surface area contributed by atoms with E-state index in [1.165, 1.54) is 25.8 Å². The van der Waals surface area contributed by atoms with Crippen LogP contribution in [0.2, 0.25) is 0 Å². The van der Waals surface area contributed by atoms with Crippen molar-refractivity contribution < 1.29 is 0 Å². The molecule has 0 aromatic heterocycles. The first kappa shape index (κ1) is 10.0. The Hall–Kier alpha value is -0.0400. The fraction of sp³-hybridized carbons (Fsp3) is 1.00. The maximum absolute atomic E-state index is 3.62. The van der Waals surface area contributed by atoms with Gasteiger partial charge >= 0.3 is 0 Å². The summed E-state index contributed by atoms with van der Waals surface area (Å²) in [6, 6.07) is 0.637. The second kappa shape index (κ2) is 3.78. The van der Waals surface area contributed by atoms with Gasteiger partial charge in [0.1, 0.15) is 0 Å². The molecule has 0 spiro atoms. The van der Waals surface area contributed by atoms with Crippen LogP contribution in [-0.4, -0.2) is 12.6 Å². The van der Waals surface area contributed by atoms with Gasteiger partial charge in [-0.25, -0.2) is 0 Å². The summed E-state index contributed by atoms with van der Waals surface area (Å²) in [7, 11) is 0. The largest absolute Gasteiger partial charge is 0.313 e. The summed E-state index contributed by atoms with van der Waals surface area (Å²) in [5, 5.41) is 3.62. The van der Waals surface area contributed by atoms with E-state index in [2.05, 4.69) is 33.0 Å². The zero-order valence-electron chi connectivity index (χ0n) is 8.98. The van der Waals surface area contributed by atoms with Gasteiger partial charge in [0.2, 0.25) is 0 Å². The molecule has 1 atom stereocenters. The van der Waals surface area contributed by atoms with E-state index in [1.54, 1.807) is 0 Å². The van der Waals surface area contributed by atoms with Crippen LogP contribution >= 0.6 is 0 Å². The third-order valence-electron chi connectivity index (χ3n) is 3.24. The minimum absolute atomic E-state index is 0.406. The summed E-state index contributed by atoms with van der Waals surface area (Å²) in [5.74, 6) is 0.981. The van der Waals surface area contributed by atoms with Crippen LogP contribution < -0.4 is 5.32 Å². The average molecular weight is 169 g/mol. The summed E-state index contributed by atoms with van der Waals surface area (Å²) in [4.78, 5) is 0. The molecule has 0 radical (unpaired) electrons. The second-order valence-corrected chi connectivity index (χ2v) is 5.29. The number of nitrogens with one attached hydrogen (secondary N) is 1. The predicted molar refractivity (Wildman–Crippen MR) is 54.3 cm³/mol. The van der Waals surface area contributed by atoms with Gasteiger partial charge in [-0.3, -0.25) is 0 Å². The maximum Gasteiger partial charge on any atom is 0.00873 e. The highest BCUT2D eigenvalue weighted by Crippen LogP contribution is 2.26. The number of hydrogen-bond donors (Lipinski definition) is 1. The van der Waals surface area contributed by atoms with Gasteiger partial charge in [-0.1, -0.05) is 27.2 Å². The van der Waals surface area contributed by atoms with Crippen LogP contribution in [0.25, 0.3) is 0 Å². The molecule has 0 saturated heterocycles. The lowest BCUT2D eigenvalue weighted by Crippen LogP contribution is -2.41. The normalized spacial score (nSPS) is 22.0. The van der Waals surface area contributed by atoms with E-state index in [0.29, 0.717) is 11.5 Å². The van der Waals surface area contributed by atoms with E-state index in [1.807, 2.05) is 0 Å². The van der Waals surface area contributed by atoms with Crippen LogP contribution in [0.4, 0.5) is 0 Å². The fourth-order valence-corrected chi connectivity index (χ4v) is 1.35. The predicted octanol–water partition coefficient (Wildman–Crippen LogP) is 2.81. The number of rotatable bonds is 3. The zero-order valence-corrected chi connectivity index (χ0v) is 8.98. The van der Waals surface area contributed by atoms with Gasteiger partial charge < -0.3 is 5.32 Å². The molecule has 0 heterocycles. The molecule has 0 aromatic rings. The van der Waals surface area contributed by atoms with E-state index < -0.39 is 0 Å². The van der Waals surface area contributed by atoms with Crippen molar-refractivity contribution in [1.82, 2.24) is 5.32 Å². The van der Waals surface area contributed by atoms with Crippen molar-refractivity contribution in [3.05, 3.63) is 0 Å². The van der Waals surface area contributed by atoms with Crippen LogP contribution in [0, 0.1) is 11.3 Å². The molecule has 0 aromatic carbocycles. The quantitative estimate of drug-likeness (QED) is 0.685. The van der Waals surface area contributed by atoms with E-state index in [0.717, 1.165) is 5.92 Å². The molecule has 1 unspecified atom stereocenters. The third-order valence-corrected chi connectivity index (χ3v) is 3.24. The Morgan fingerprint density at radius 1 is 1.33 bits per heavy atom. The summed E-state index contributed by atoms with van der Waals surface area (Å²) in [6.45, 7) is 10.4. The van der Waals surface area contributed by atoms with Crippen LogP contribution in [0.1, 0.15) is 47.0 Å². The average Bonchev–Trinajstić information content (AvgIpc) is 1.81. The first-order valence-corrected chi connectivity index (χ1v) is 5.23. The molecule has 1 rings (SSSR count). The van der Waals surface area contributed by atoms with Gasteiger partial charge in [0, 0.05) is 6.04 Å². The fourth-order valence-electron chi connectivity index (χ4n) is 1.35. The molecular weight excluding hydrogens is 146 g/mol. The minimum atomic E-state index is 0.406. The molecule has 1 heteroatoms. The Morgan fingerprint density at radius 3 is 2.25 bits per heavy atom. The highest BCUT2D eigenvalue weighted by molar-refractivity contribution is 4.79. The Balaban J connectivity index is 2.13. The summed E-state index contributed by atoms with van der Waals surface area (Å²) in [6.07, 6.45) is 4.35. The molecule has 72 valence electrons. The molecule has 12 heavy (non-hydrogen) atoms. The zero-order chi connectivity index (χ0) is 9.19. The molecule has 1 aliphatic rings. The van der Waals surface area contributed by atoms with E-state index in [4.69, 9.17) is 0 Å². The summed E-state index contributed by atoms with van der Waals surface area (Å²) >= 11 is 0. The van der Waals surface area contributed by atoms with Gasteiger partial charge in [-0.05, 0) is 37.6 Å². The van der Waals surface area contributed by atoms with Crippen molar-refractivity contribution in [1.29, 1.82) is 0 Å². The second-order valence-electron chi connectivity index (χ2n) is 5.29. The molecule has 0 amide bonds. The molecule has 0 aliphatic heterocycles. The van der Waals surface area contributed by atoms with E-state index >= 15 is 0 Å². The van der Waals surface area contributed by atoms with Gasteiger partial charge in [0.15, 0.2) is 0 Å². The first-order valence-electron chi connectivity index (χ1n) is 5.23. The van der Waals surface area contributed by atoms with Gasteiger partial charge in [-0.2, -0.15) is 0 Å². The standard InChI is InChI=1S/C11H23N/c1-9(11(2,3)4)12-8-10-6-5-7-10/h9-10,12H,5-8H2,1-4H3. The van der Waals surface area contributed by atoms with Crippen molar-refractivity contribution in [3.8, 4) is 0 Å². The van der Waals surface area contributed by atoms with Crippen LogP contribution in [0.15, 0.2) is 0 Å². The monoisotopic (exact) mass is 169 g/mol. The molecular formula is C11H23N. The van der Waals surface area contributed by atoms with Gasteiger partial charge in [-0.15, -0.1) is 0 Å². The number of hydrogen-bond acceptors (Lipinski definition) is 1. The van der Waals surface area contributed by atoms with Crippen molar-refractivity contribution >= 4 is 0 Å². The van der Waals surface area contributed by atoms with Gasteiger partial charge in [0.05, 0.1) is 0 Å². The summed E-state index contributed by atoms with van der Waals surface area (Å²) < 4.78 is 0. The first-order chi connectivity index (χ1) is 5.50. The van der Waals surface area contributed by atoms with Crippen LogP contribution in [0.3, 0.4) is 0 Å². The molecule has 1 N–H and O–H groups in total. The molecule has 1 saturated carbocycles. The topological polar surface area (TPSA) is 12.0 Å². The van der Waals surface area contributed by atoms with E-state index in [9.17, 15) is 0 Å². The highest BCUT2D eigenvalue weighted by Gasteiger charge is 2.22. The Labute approximate surface area is 76.9 Å². The molecule has 0 bridgehead atoms. The van der Waals surface area contributed by atoms with Crippen molar-refractivity contribution in [2.75, 3.05) is 6.54 Å². The SMILES string of the molecule is CC(NCC1CCC1)C(C)(C)C. The lowest BCUT2D eigenvalue weighted by molar-refractivity contribution is 0.237. The molecule has 1 aliphatic carbocycles. The lowest BCUT2D eigenvalue weighted by atomic mass is 9.83. The van der Waals surface area contributed by atoms with Crippen molar-refractivity contribution in [2.24, 2.45) is 11.3 Å². The Kier molecular flexibility index (Phi) is 3.16. The molecule has 1 fully saturated rings.